The molecular weight excluding hydrogens is 413 g/mol. The van der Waals surface area contributed by atoms with Crippen LogP contribution in [-0.2, 0) is 10.0 Å². The second-order valence-corrected chi connectivity index (χ2v) is 7.98. The van der Waals surface area contributed by atoms with E-state index in [1.54, 1.807) is 31.2 Å². The molecule has 3 rings (SSSR count). The lowest BCUT2D eigenvalue weighted by Gasteiger charge is -2.09. The zero-order valence-electron chi connectivity index (χ0n) is 15.9. The van der Waals surface area contributed by atoms with E-state index in [9.17, 15) is 22.4 Å². The van der Waals surface area contributed by atoms with E-state index in [-0.39, 0.29) is 17.9 Å². The summed E-state index contributed by atoms with van der Waals surface area (Å²) in [5.41, 5.74) is 5.31. The summed E-state index contributed by atoms with van der Waals surface area (Å²) in [7, 11) is -4.18. The number of furan rings is 1. The van der Waals surface area contributed by atoms with E-state index in [1.165, 1.54) is 6.08 Å². The predicted octanol–water partition coefficient (Wildman–Crippen LogP) is 2.42. The number of carbonyl (C=O) groups is 2. The van der Waals surface area contributed by atoms with Gasteiger partial charge in [0, 0.05) is 23.1 Å². The van der Waals surface area contributed by atoms with Gasteiger partial charge in [0.25, 0.3) is 5.91 Å². The second kappa shape index (κ2) is 8.47. The molecule has 0 aliphatic rings. The molecule has 8 nitrogen and oxygen atoms in total. The van der Waals surface area contributed by atoms with Crippen LogP contribution in [0.2, 0.25) is 0 Å². The maximum atomic E-state index is 14.0. The van der Waals surface area contributed by atoms with Gasteiger partial charge in [-0.1, -0.05) is 24.3 Å². The van der Waals surface area contributed by atoms with Crippen molar-refractivity contribution in [2.45, 2.75) is 11.8 Å². The van der Waals surface area contributed by atoms with Crippen LogP contribution < -0.4 is 15.6 Å². The summed E-state index contributed by atoms with van der Waals surface area (Å²) in [5, 5.41) is 0.759. The minimum Gasteiger partial charge on any atom is -0.451 e. The first-order valence-electron chi connectivity index (χ1n) is 8.73. The summed E-state index contributed by atoms with van der Waals surface area (Å²) in [4.78, 5) is 24.0. The normalized spacial score (nSPS) is 11.3. The molecule has 0 saturated carbocycles. The topological polar surface area (TPSA) is 118 Å². The zero-order valence-corrected chi connectivity index (χ0v) is 16.7. The molecule has 156 valence electrons. The summed E-state index contributed by atoms with van der Waals surface area (Å²) in [5.74, 6) is -2.53. The Hall–Kier alpha value is -3.50. The second-order valence-electron chi connectivity index (χ2n) is 6.25. The van der Waals surface area contributed by atoms with Crippen molar-refractivity contribution in [3.8, 4) is 0 Å². The molecule has 30 heavy (non-hydrogen) atoms. The molecule has 0 aliphatic carbocycles. The molecule has 0 radical (unpaired) electrons. The van der Waals surface area contributed by atoms with Crippen LogP contribution in [0.15, 0.2) is 64.4 Å². The van der Waals surface area contributed by atoms with Gasteiger partial charge in [0.05, 0.1) is 0 Å². The zero-order chi connectivity index (χ0) is 21.9. The van der Waals surface area contributed by atoms with Crippen molar-refractivity contribution in [2.24, 2.45) is 0 Å². The Morgan fingerprint density at radius 2 is 1.83 bits per heavy atom. The van der Waals surface area contributed by atoms with Crippen LogP contribution in [0.4, 0.5) is 4.39 Å². The molecule has 1 heterocycles. The van der Waals surface area contributed by atoms with Gasteiger partial charge in [0.1, 0.15) is 16.3 Å². The van der Waals surface area contributed by atoms with Crippen molar-refractivity contribution < 1.29 is 26.8 Å². The highest BCUT2D eigenvalue weighted by atomic mass is 32.2. The Morgan fingerprint density at radius 1 is 1.13 bits per heavy atom. The Kier molecular flexibility index (Phi) is 5.99. The van der Waals surface area contributed by atoms with Crippen LogP contribution in [0, 0.1) is 12.7 Å². The van der Waals surface area contributed by atoms with Crippen molar-refractivity contribution in [1.82, 2.24) is 15.6 Å². The molecule has 10 heteroatoms. The fraction of sp³-hybridized carbons (Fsp3) is 0.100. The highest BCUT2D eigenvalue weighted by Crippen LogP contribution is 2.24. The van der Waals surface area contributed by atoms with Gasteiger partial charge in [-0.05, 0) is 31.2 Å². The van der Waals surface area contributed by atoms with Gasteiger partial charge in [0.15, 0.2) is 5.76 Å². The lowest BCUT2D eigenvalue weighted by Crippen LogP contribution is -2.41. The number of hydrogen-bond acceptors (Lipinski definition) is 5. The fourth-order valence-corrected chi connectivity index (χ4v) is 3.83. The quantitative estimate of drug-likeness (QED) is 0.409. The number of hydrazine groups is 1. The number of hydrogen-bond donors (Lipinski definition) is 3. The predicted molar refractivity (Wildman–Crippen MR) is 108 cm³/mol. The van der Waals surface area contributed by atoms with Gasteiger partial charge < -0.3 is 4.42 Å². The standard InChI is InChI=1S/C20H18FN3O5S/c1-3-10-22-30(27,28)17-11-13(8-9-15(17)21)19(25)23-24-20(26)18-12(2)14-6-4-5-7-16(14)29-18/h3-9,11,22H,1,10H2,2H3,(H,23,25)(H,24,26). The molecule has 0 aliphatic heterocycles. The van der Waals surface area contributed by atoms with E-state index >= 15 is 0 Å². The first-order chi connectivity index (χ1) is 14.2. The number of benzene rings is 2. The van der Waals surface area contributed by atoms with Crippen LogP contribution >= 0.6 is 0 Å². The number of sulfonamides is 1. The summed E-state index contributed by atoms with van der Waals surface area (Å²) < 4.78 is 45.9. The third-order valence-electron chi connectivity index (χ3n) is 4.24. The van der Waals surface area contributed by atoms with E-state index in [0.29, 0.717) is 11.1 Å². The maximum absolute atomic E-state index is 14.0. The smallest absolute Gasteiger partial charge is 0.305 e. The Morgan fingerprint density at radius 3 is 2.53 bits per heavy atom. The molecule has 2 amide bonds. The van der Waals surface area contributed by atoms with Gasteiger partial charge >= 0.3 is 5.91 Å². The number of carbonyl (C=O) groups excluding carboxylic acids is 2. The van der Waals surface area contributed by atoms with Gasteiger partial charge in [-0.3, -0.25) is 20.4 Å². The highest BCUT2D eigenvalue weighted by molar-refractivity contribution is 7.89. The van der Waals surface area contributed by atoms with Gasteiger partial charge in [-0.15, -0.1) is 6.58 Å². The summed E-state index contributed by atoms with van der Waals surface area (Å²) in [6.07, 6.45) is 1.29. The van der Waals surface area contributed by atoms with Crippen molar-refractivity contribution in [2.75, 3.05) is 6.54 Å². The third kappa shape index (κ3) is 4.24. The highest BCUT2D eigenvalue weighted by Gasteiger charge is 2.22. The monoisotopic (exact) mass is 431 g/mol. The molecule has 0 saturated heterocycles. The SMILES string of the molecule is C=CCNS(=O)(=O)c1cc(C(=O)NNC(=O)c2oc3ccccc3c2C)ccc1F. The first-order valence-corrected chi connectivity index (χ1v) is 10.2. The molecule has 3 aromatic rings. The molecule has 0 unspecified atom stereocenters. The van der Waals surface area contributed by atoms with E-state index in [4.69, 9.17) is 4.42 Å². The maximum Gasteiger partial charge on any atom is 0.305 e. The molecule has 0 atom stereocenters. The minimum atomic E-state index is -4.18. The molecule has 0 fully saturated rings. The van der Waals surface area contributed by atoms with Crippen LogP contribution in [0.25, 0.3) is 11.0 Å². The number of aryl methyl sites for hydroxylation is 1. The van der Waals surface area contributed by atoms with Crippen molar-refractivity contribution in [3.63, 3.8) is 0 Å². The number of fused-ring (bicyclic) bond motifs is 1. The van der Waals surface area contributed by atoms with E-state index in [1.807, 2.05) is 0 Å². The molecule has 1 aromatic heterocycles. The number of nitrogens with one attached hydrogen (secondary N) is 3. The minimum absolute atomic E-state index is 0.0208. The number of amides is 2. The summed E-state index contributed by atoms with van der Waals surface area (Å²) >= 11 is 0. The van der Waals surface area contributed by atoms with Gasteiger partial charge in [-0.25, -0.2) is 17.5 Å². The summed E-state index contributed by atoms with van der Waals surface area (Å²) in [6.45, 7) is 4.98. The van der Waals surface area contributed by atoms with Crippen LogP contribution in [0.5, 0.6) is 0 Å². The average molecular weight is 431 g/mol. The fourth-order valence-electron chi connectivity index (χ4n) is 2.73. The lowest BCUT2D eigenvalue weighted by atomic mass is 10.1. The van der Waals surface area contributed by atoms with E-state index in [0.717, 1.165) is 23.6 Å². The Balaban J connectivity index is 1.76. The Labute approximate surface area is 171 Å². The third-order valence-corrected chi connectivity index (χ3v) is 5.68. The van der Waals surface area contributed by atoms with Crippen molar-refractivity contribution in [1.29, 1.82) is 0 Å². The lowest BCUT2D eigenvalue weighted by molar-refractivity contribution is 0.0831. The Bertz CT molecular complexity index is 1250. The molecule has 3 N–H and O–H groups in total. The van der Waals surface area contributed by atoms with Crippen LogP contribution in [0.3, 0.4) is 0 Å². The number of para-hydroxylation sites is 1. The largest absolute Gasteiger partial charge is 0.451 e. The first kappa shape index (κ1) is 21.2. The van der Waals surface area contributed by atoms with Crippen molar-refractivity contribution >= 4 is 32.8 Å². The van der Waals surface area contributed by atoms with Crippen LogP contribution in [0.1, 0.15) is 26.5 Å². The number of rotatable bonds is 6. The molecular formula is C20H18FN3O5S. The molecule has 0 spiro atoms. The molecule has 0 bridgehead atoms. The average Bonchev–Trinajstić information content (AvgIpc) is 3.07. The number of halogens is 1. The van der Waals surface area contributed by atoms with Crippen LogP contribution in [-0.4, -0.2) is 26.8 Å². The molecule has 2 aromatic carbocycles. The van der Waals surface area contributed by atoms with E-state index < -0.39 is 32.6 Å². The van der Waals surface area contributed by atoms with Crippen molar-refractivity contribution in [3.05, 3.63) is 77.8 Å². The summed E-state index contributed by atoms with van der Waals surface area (Å²) in [6, 6.07) is 9.88. The van der Waals surface area contributed by atoms with Gasteiger partial charge in [-0.2, -0.15) is 0 Å². The van der Waals surface area contributed by atoms with Gasteiger partial charge in [0.2, 0.25) is 10.0 Å². The van der Waals surface area contributed by atoms with E-state index in [2.05, 4.69) is 22.2 Å².